The van der Waals surface area contributed by atoms with Gasteiger partial charge in [-0.1, -0.05) is 18.2 Å². The van der Waals surface area contributed by atoms with E-state index in [0.29, 0.717) is 25.9 Å². The zero-order valence-electron chi connectivity index (χ0n) is 18.6. The number of amides is 3. The normalized spacial score (nSPS) is 17.7. The first-order valence-corrected chi connectivity index (χ1v) is 11.4. The highest BCUT2D eigenvalue weighted by molar-refractivity contribution is 5.92. The minimum Gasteiger partial charge on any atom is -0.497 e. The molecular formula is C25H32N4O3. The first-order chi connectivity index (χ1) is 15.6. The Bertz CT molecular complexity index is 887. The topological polar surface area (TPSA) is 73.9 Å². The van der Waals surface area contributed by atoms with Gasteiger partial charge in [-0.25, -0.2) is 4.79 Å². The van der Waals surface area contributed by atoms with Crippen molar-refractivity contribution in [1.29, 1.82) is 0 Å². The van der Waals surface area contributed by atoms with Crippen LogP contribution in [0.5, 0.6) is 5.75 Å². The average molecular weight is 437 g/mol. The van der Waals surface area contributed by atoms with E-state index in [0.717, 1.165) is 37.4 Å². The van der Waals surface area contributed by atoms with E-state index in [1.807, 2.05) is 47.4 Å². The van der Waals surface area contributed by atoms with Crippen molar-refractivity contribution < 1.29 is 14.3 Å². The van der Waals surface area contributed by atoms with Crippen molar-refractivity contribution in [3.8, 4) is 5.75 Å². The molecule has 0 saturated carbocycles. The van der Waals surface area contributed by atoms with E-state index in [1.54, 1.807) is 7.11 Å². The van der Waals surface area contributed by atoms with Crippen LogP contribution in [0.25, 0.3) is 0 Å². The van der Waals surface area contributed by atoms with E-state index in [4.69, 9.17) is 4.74 Å². The van der Waals surface area contributed by atoms with Crippen LogP contribution in [0.2, 0.25) is 0 Å². The number of anilines is 2. The van der Waals surface area contributed by atoms with E-state index in [9.17, 15) is 9.59 Å². The smallest absolute Gasteiger partial charge is 0.317 e. The molecule has 7 heteroatoms. The number of para-hydroxylation sites is 1. The SMILES string of the molecule is COc1ccc(N2CCC(NC(=O)N3CCC(C(=O)Nc4ccccc4)CC3)CC2)cc1. The molecule has 0 atom stereocenters. The molecule has 2 aromatic rings. The molecule has 2 fully saturated rings. The number of hydrogen-bond acceptors (Lipinski definition) is 4. The number of nitrogens with zero attached hydrogens (tertiary/aromatic N) is 2. The minimum atomic E-state index is -0.0491. The fourth-order valence-electron chi connectivity index (χ4n) is 4.45. The van der Waals surface area contributed by atoms with Crippen LogP contribution >= 0.6 is 0 Å². The summed E-state index contributed by atoms with van der Waals surface area (Å²) >= 11 is 0. The third-order valence-corrected chi connectivity index (χ3v) is 6.45. The first-order valence-electron chi connectivity index (χ1n) is 11.4. The Morgan fingerprint density at radius 3 is 2.16 bits per heavy atom. The molecule has 3 amide bonds. The number of hydrogen-bond donors (Lipinski definition) is 2. The van der Waals surface area contributed by atoms with Crippen molar-refractivity contribution in [2.75, 3.05) is 43.5 Å². The summed E-state index contributed by atoms with van der Waals surface area (Å²) in [4.78, 5) is 29.4. The van der Waals surface area contributed by atoms with Gasteiger partial charge in [-0.2, -0.15) is 0 Å². The van der Waals surface area contributed by atoms with Gasteiger partial charge in [-0.05, 0) is 62.1 Å². The lowest BCUT2D eigenvalue weighted by Gasteiger charge is -2.36. The van der Waals surface area contributed by atoms with E-state index in [1.165, 1.54) is 5.69 Å². The van der Waals surface area contributed by atoms with Crippen molar-refractivity contribution in [3.63, 3.8) is 0 Å². The monoisotopic (exact) mass is 436 g/mol. The average Bonchev–Trinajstić information content (AvgIpc) is 2.85. The lowest BCUT2D eigenvalue weighted by molar-refractivity contribution is -0.121. The molecule has 2 aromatic carbocycles. The molecule has 32 heavy (non-hydrogen) atoms. The fourth-order valence-corrected chi connectivity index (χ4v) is 4.45. The quantitative estimate of drug-likeness (QED) is 0.749. The maximum absolute atomic E-state index is 12.7. The fraction of sp³-hybridized carbons (Fsp3) is 0.440. The molecule has 4 rings (SSSR count). The van der Waals surface area contributed by atoms with E-state index in [-0.39, 0.29) is 23.9 Å². The molecular weight excluding hydrogens is 404 g/mol. The Kier molecular flexibility index (Phi) is 7.14. The van der Waals surface area contributed by atoms with Crippen LogP contribution in [-0.4, -0.2) is 56.2 Å². The lowest BCUT2D eigenvalue weighted by Crippen LogP contribution is -2.51. The molecule has 2 aliphatic heterocycles. The summed E-state index contributed by atoms with van der Waals surface area (Å²) in [5, 5.41) is 6.18. The molecule has 0 aromatic heterocycles. The van der Waals surface area contributed by atoms with Crippen molar-refractivity contribution in [2.24, 2.45) is 5.92 Å². The van der Waals surface area contributed by atoms with Gasteiger partial charge in [0, 0.05) is 49.5 Å². The molecule has 2 saturated heterocycles. The number of piperidine rings is 2. The van der Waals surface area contributed by atoms with Gasteiger partial charge in [0.15, 0.2) is 0 Å². The van der Waals surface area contributed by atoms with Gasteiger partial charge in [0.05, 0.1) is 7.11 Å². The summed E-state index contributed by atoms with van der Waals surface area (Å²) in [5.41, 5.74) is 2.00. The number of carbonyl (C=O) groups is 2. The number of carbonyl (C=O) groups excluding carboxylic acids is 2. The second-order valence-electron chi connectivity index (χ2n) is 8.53. The molecule has 170 valence electrons. The Labute approximate surface area is 189 Å². The van der Waals surface area contributed by atoms with Crippen LogP contribution in [0.15, 0.2) is 54.6 Å². The molecule has 0 bridgehead atoms. The largest absolute Gasteiger partial charge is 0.497 e. The van der Waals surface area contributed by atoms with Gasteiger partial charge < -0.3 is 25.2 Å². The molecule has 7 nitrogen and oxygen atoms in total. The minimum absolute atomic E-state index is 0.00480. The maximum Gasteiger partial charge on any atom is 0.317 e. The Hall–Kier alpha value is -3.22. The van der Waals surface area contributed by atoms with Crippen LogP contribution in [0.4, 0.5) is 16.2 Å². The number of methoxy groups -OCH3 is 1. The molecule has 2 aliphatic rings. The molecule has 2 N–H and O–H groups in total. The highest BCUT2D eigenvalue weighted by atomic mass is 16.5. The number of urea groups is 1. The van der Waals surface area contributed by atoms with Crippen LogP contribution in [0.3, 0.4) is 0 Å². The van der Waals surface area contributed by atoms with Gasteiger partial charge in [0.2, 0.25) is 5.91 Å². The predicted octanol–water partition coefficient (Wildman–Crippen LogP) is 3.72. The van der Waals surface area contributed by atoms with Gasteiger partial charge in [-0.3, -0.25) is 4.79 Å². The van der Waals surface area contributed by atoms with Crippen molar-refractivity contribution >= 4 is 23.3 Å². The summed E-state index contributed by atoms with van der Waals surface area (Å²) in [5.74, 6) is 0.853. The second kappa shape index (κ2) is 10.4. The number of benzene rings is 2. The number of likely N-dealkylation sites (tertiary alicyclic amines) is 1. The third kappa shape index (κ3) is 5.52. The van der Waals surface area contributed by atoms with Gasteiger partial charge in [0.25, 0.3) is 0 Å². The summed E-state index contributed by atoms with van der Waals surface area (Å²) in [6.45, 7) is 3.06. The van der Waals surface area contributed by atoms with Crippen molar-refractivity contribution in [1.82, 2.24) is 10.2 Å². The number of rotatable bonds is 5. The standard InChI is InChI=1S/C25H32N4O3/c1-32-23-9-7-22(8-10-23)28-17-13-21(14-18-28)27-25(31)29-15-11-19(12-16-29)24(30)26-20-5-3-2-4-6-20/h2-10,19,21H,11-18H2,1H3,(H,26,30)(H,27,31). The van der Waals surface area contributed by atoms with E-state index < -0.39 is 0 Å². The summed E-state index contributed by atoms with van der Waals surface area (Å²) in [7, 11) is 1.67. The van der Waals surface area contributed by atoms with Crippen LogP contribution < -0.4 is 20.3 Å². The summed E-state index contributed by atoms with van der Waals surface area (Å²) in [6.07, 6.45) is 3.24. The molecule has 0 spiro atoms. The maximum atomic E-state index is 12.7. The molecule has 0 aliphatic carbocycles. The van der Waals surface area contributed by atoms with Crippen molar-refractivity contribution in [2.45, 2.75) is 31.7 Å². The van der Waals surface area contributed by atoms with Crippen molar-refractivity contribution in [3.05, 3.63) is 54.6 Å². The van der Waals surface area contributed by atoms with E-state index >= 15 is 0 Å². The first kappa shape index (κ1) is 22.0. The Morgan fingerprint density at radius 1 is 0.875 bits per heavy atom. The predicted molar refractivity (Wildman–Crippen MR) is 126 cm³/mol. The van der Waals surface area contributed by atoms with Crippen LogP contribution in [0, 0.1) is 5.92 Å². The second-order valence-corrected chi connectivity index (χ2v) is 8.53. The Balaban J connectivity index is 1.19. The number of nitrogens with one attached hydrogen (secondary N) is 2. The molecule has 0 radical (unpaired) electrons. The molecule has 0 unspecified atom stereocenters. The summed E-state index contributed by atoms with van der Waals surface area (Å²) < 4.78 is 5.23. The van der Waals surface area contributed by atoms with Crippen LogP contribution in [-0.2, 0) is 4.79 Å². The van der Waals surface area contributed by atoms with E-state index in [2.05, 4.69) is 27.7 Å². The third-order valence-electron chi connectivity index (χ3n) is 6.45. The lowest BCUT2D eigenvalue weighted by atomic mass is 9.96. The van der Waals surface area contributed by atoms with Crippen LogP contribution in [0.1, 0.15) is 25.7 Å². The van der Waals surface area contributed by atoms with Gasteiger partial charge in [-0.15, -0.1) is 0 Å². The summed E-state index contributed by atoms with van der Waals surface area (Å²) in [6, 6.07) is 17.8. The van der Waals surface area contributed by atoms with Gasteiger partial charge in [0.1, 0.15) is 5.75 Å². The highest BCUT2D eigenvalue weighted by Crippen LogP contribution is 2.24. The van der Waals surface area contributed by atoms with Gasteiger partial charge >= 0.3 is 6.03 Å². The Morgan fingerprint density at radius 2 is 1.53 bits per heavy atom. The zero-order chi connectivity index (χ0) is 22.3. The molecule has 2 heterocycles. The highest BCUT2D eigenvalue weighted by Gasteiger charge is 2.29. The zero-order valence-corrected chi connectivity index (χ0v) is 18.6. The number of ether oxygens (including phenoxy) is 1.